The summed E-state index contributed by atoms with van der Waals surface area (Å²) in [5.74, 6) is 0.768. The van der Waals surface area contributed by atoms with Crippen LogP contribution in [0.4, 0.5) is 17.3 Å². The lowest BCUT2D eigenvalue weighted by molar-refractivity contribution is 0.0997. The van der Waals surface area contributed by atoms with Crippen molar-refractivity contribution < 1.29 is 14.3 Å². The predicted octanol–water partition coefficient (Wildman–Crippen LogP) is 5.19. The minimum Gasteiger partial charge on any atom is -0.506 e. The third-order valence-corrected chi connectivity index (χ3v) is 6.82. The van der Waals surface area contributed by atoms with Gasteiger partial charge in [0.25, 0.3) is 5.91 Å². The van der Waals surface area contributed by atoms with Gasteiger partial charge in [0.1, 0.15) is 23.1 Å². The van der Waals surface area contributed by atoms with Gasteiger partial charge in [-0.2, -0.15) is 9.61 Å². The molecule has 5 aromatic rings. The first kappa shape index (κ1) is 25.3. The van der Waals surface area contributed by atoms with Gasteiger partial charge in [-0.1, -0.05) is 23.7 Å². The number of benzene rings is 2. The molecular formula is C26H24ClN7O3S. The van der Waals surface area contributed by atoms with Crippen LogP contribution in [-0.2, 0) is 6.42 Å². The molecule has 0 spiro atoms. The highest BCUT2D eigenvalue weighted by molar-refractivity contribution is 8.00. The lowest BCUT2D eigenvalue weighted by Crippen LogP contribution is -2.11. The molecule has 0 aliphatic carbocycles. The van der Waals surface area contributed by atoms with Gasteiger partial charge in [0, 0.05) is 29.3 Å². The van der Waals surface area contributed by atoms with Gasteiger partial charge in [-0.15, -0.1) is 0 Å². The number of hydrogen-bond donors (Lipinski definition) is 5. The Balaban J connectivity index is 1.12. The Morgan fingerprint density at radius 2 is 1.97 bits per heavy atom. The summed E-state index contributed by atoms with van der Waals surface area (Å²) in [4.78, 5) is 16.7. The van der Waals surface area contributed by atoms with Gasteiger partial charge < -0.3 is 31.0 Å². The third kappa shape index (κ3) is 5.63. The Hall–Kier alpha value is -4.35. The second-order valence-electron chi connectivity index (χ2n) is 8.44. The maximum atomic E-state index is 11.5. The van der Waals surface area contributed by atoms with Crippen molar-refractivity contribution in [2.75, 3.05) is 22.3 Å². The number of hydrogen-bond acceptors (Lipinski definition) is 9. The lowest BCUT2D eigenvalue weighted by Gasteiger charge is -2.10. The molecule has 0 unspecified atom stereocenters. The average molecular weight is 550 g/mol. The van der Waals surface area contributed by atoms with Gasteiger partial charge in [0.15, 0.2) is 11.4 Å². The van der Waals surface area contributed by atoms with E-state index in [0.717, 1.165) is 25.1 Å². The van der Waals surface area contributed by atoms with Gasteiger partial charge in [0.2, 0.25) is 0 Å². The second-order valence-corrected chi connectivity index (χ2v) is 9.73. The van der Waals surface area contributed by atoms with E-state index in [9.17, 15) is 9.90 Å². The molecule has 2 aromatic carbocycles. The van der Waals surface area contributed by atoms with Crippen molar-refractivity contribution in [1.29, 1.82) is 0 Å². The van der Waals surface area contributed by atoms with E-state index in [0.29, 0.717) is 33.6 Å². The Morgan fingerprint density at radius 1 is 1.16 bits per heavy atom. The predicted molar refractivity (Wildman–Crippen MR) is 149 cm³/mol. The van der Waals surface area contributed by atoms with Crippen molar-refractivity contribution >= 4 is 52.4 Å². The number of carbonyl (C=O) groups excluding carboxylic acids is 1. The molecule has 0 fully saturated rings. The fraction of sp³-hybridized carbons (Fsp3) is 0.115. The highest BCUT2D eigenvalue weighted by Crippen LogP contribution is 2.33. The van der Waals surface area contributed by atoms with Crippen LogP contribution in [0.5, 0.6) is 5.75 Å². The Bertz CT molecular complexity index is 1590. The fourth-order valence-electron chi connectivity index (χ4n) is 3.82. The molecule has 0 saturated carbocycles. The number of aromatic nitrogens is 3. The standard InChI is InChI=1S/C26H24ClN7O3S/c27-19-12-17(11-18(25(19)35)26(29)36)38-33-16-7-5-15(6-8-16)3-1-9-30-23-14-22(28)34-24(31-23)13-20(32-34)21-4-2-10-37-21/h2,4-8,10-14,33,35H,1,3,9,28H2,(H2,29,36)(H,30,31). The molecule has 7 N–H and O–H groups in total. The van der Waals surface area contributed by atoms with Crippen LogP contribution in [0, 0.1) is 0 Å². The van der Waals surface area contributed by atoms with E-state index >= 15 is 0 Å². The van der Waals surface area contributed by atoms with E-state index in [2.05, 4.69) is 20.1 Å². The third-order valence-electron chi connectivity index (χ3n) is 5.72. The van der Waals surface area contributed by atoms with Crippen LogP contribution in [0.1, 0.15) is 22.3 Å². The van der Waals surface area contributed by atoms with E-state index in [4.69, 9.17) is 27.5 Å². The first-order chi connectivity index (χ1) is 18.4. The molecule has 0 aliphatic heterocycles. The number of rotatable bonds is 10. The molecule has 0 radical (unpaired) electrons. The van der Waals surface area contributed by atoms with Crippen molar-refractivity contribution in [1.82, 2.24) is 14.6 Å². The van der Waals surface area contributed by atoms with Crippen LogP contribution in [0.25, 0.3) is 17.1 Å². The van der Waals surface area contributed by atoms with Gasteiger partial charge in [-0.25, -0.2) is 4.98 Å². The molecule has 12 heteroatoms. The SMILES string of the molecule is NC(=O)c1cc(SNc2ccc(CCCNc3cc(N)n4nc(-c5ccco5)cc4n3)cc2)cc(Cl)c1O. The molecular weight excluding hydrogens is 526 g/mol. The van der Waals surface area contributed by atoms with Gasteiger partial charge in [-0.05, 0) is 66.8 Å². The van der Waals surface area contributed by atoms with Gasteiger partial charge >= 0.3 is 0 Å². The Morgan fingerprint density at radius 3 is 2.71 bits per heavy atom. The van der Waals surface area contributed by atoms with Crippen LogP contribution < -0.4 is 21.5 Å². The van der Waals surface area contributed by atoms with Crippen LogP contribution in [0.3, 0.4) is 0 Å². The van der Waals surface area contributed by atoms with Gasteiger partial charge in [0.05, 0.1) is 16.8 Å². The zero-order chi connectivity index (χ0) is 26.6. The summed E-state index contributed by atoms with van der Waals surface area (Å²) in [6, 6.07) is 18.3. The molecule has 3 heterocycles. The quantitative estimate of drug-likeness (QED) is 0.117. The molecule has 0 atom stereocenters. The van der Waals surface area contributed by atoms with Crippen LogP contribution in [0.2, 0.25) is 5.02 Å². The summed E-state index contributed by atoms with van der Waals surface area (Å²) in [6.45, 7) is 0.724. The number of anilines is 3. The normalized spacial score (nSPS) is 11.1. The molecule has 3 aromatic heterocycles. The van der Waals surface area contributed by atoms with E-state index in [-0.39, 0.29) is 16.3 Å². The van der Waals surface area contributed by atoms with E-state index in [1.807, 2.05) is 42.5 Å². The summed E-state index contributed by atoms with van der Waals surface area (Å²) >= 11 is 7.26. The molecule has 38 heavy (non-hydrogen) atoms. The maximum Gasteiger partial charge on any atom is 0.252 e. The number of primary amides is 1. The van der Waals surface area contributed by atoms with Crippen LogP contribution in [0.15, 0.2) is 76.2 Å². The molecule has 10 nitrogen and oxygen atoms in total. The van der Waals surface area contributed by atoms with E-state index < -0.39 is 5.91 Å². The second kappa shape index (κ2) is 11.0. The Kier molecular flexibility index (Phi) is 7.29. The molecule has 1 amide bonds. The fourth-order valence-corrected chi connectivity index (χ4v) is 4.83. The number of nitrogen functional groups attached to an aromatic ring is 1. The minimum atomic E-state index is -0.744. The van der Waals surface area contributed by atoms with E-state index in [1.165, 1.54) is 23.6 Å². The number of furan rings is 1. The monoisotopic (exact) mass is 549 g/mol. The first-order valence-corrected chi connectivity index (χ1v) is 12.8. The van der Waals surface area contributed by atoms with Crippen molar-refractivity contribution in [2.45, 2.75) is 17.7 Å². The topological polar surface area (TPSA) is 157 Å². The number of nitrogens with zero attached hydrogens (tertiary/aromatic N) is 3. The molecule has 0 bridgehead atoms. The number of carbonyl (C=O) groups is 1. The summed E-state index contributed by atoms with van der Waals surface area (Å²) in [5.41, 5.74) is 14.8. The van der Waals surface area contributed by atoms with Crippen molar-refractivity contribution in [3.63, 3.8) is 0 Å². The Labute approximate surface area is 227 Å². The molecule has 194 valence electrons. The summed E-state index contributed by atoms with van der Waals surface area (Å²) < 4.78 is 10.2. The van der Waals surface area contributed by atoms with Crippen molar-refractivity contribution in [3.05, 3.63) is 83.1 Å². The number of halogens is 1. The lowest BCUT2D eigenvalue weighted by atomic mass is 10.1. The zero-order valence-electron chi connectivity index (χ0n) is 20.0. The number of nitrogens with two attached hydrogens (primary N) is 2. The molecule has 0 aliphatic rings. The first-order valence-electron chi connectivity index (χ1n) is 11.7. The van der Waals surface area contributed by atoms with Crippen molar-refractivity contribution in [2.24, 2.45) is 5.73 Å². The average Bonchev–Trinajstić information content (AvgIpc) is 3.58. The molecule has 5 rings (SSSR count). The smallest absolute Gasteiger partial charge is 0.252 e. The largest absolute Gasteiger partial charge is 0.506 e. The summed E-state index contributed by atoms with van der Waals surface area (Å²) in [7, 11) is 0. The van der Waals surface area contributed by atoms with E-state index in [1.54, 1.807) is 22.9 Å². The maximum absolute atomic E-state index is 11.5. The zero-order valence-corrected chi connectivity index (χ0v) is 21.6. The summed E-state index contributed by atoms with van der Waals surface area (Å²) in [5, 5.41) is 17.7. The number of fused-ring (bicyclic) bond motifs is 1. The number of nitrogens with one attached hydrogen (secondary N) is 2. The number of phenols is 1. The summed E-state index contributed by atoms with van der Waals surface area (Å²) in [6.07, 6.45) is 3.37. The van der Waals surface area contributed by atoms with Crippen molar-refractivity contribution in [3.8, 4) is 17.2 Å². The van der Waals surface area contributed by atoms with Crippen LogP contribution >= 0.6 is 23.5 Å². The number of amides is 1. The number of aryl methyl sites for hydroxylation is 1. The van der Waals surface area contributed by atoms with Gasteiger partial charge in [-0.3, -0.25) is 4.79 Å². The van der Waals surface area contributed by atoms with Crippen LogP contribution in [-0.4, -0.2) is 32.2 Å². The highest BCUT2D eigenvalue weighted by Gasteiger charge is 2.14. The number of aromatic hydroxyl groups is 1. The minimum absolute atomic E-state index is 0.0209. The highest BCUT2D eigenvalue weighted by atomic mass is 35.5. The molecule has 0 saturated heterocycles.